The number of hydrogen-bond donors (Lipinski definition) is 2. The Morgan fingerprint density at radius 1 is 1.19 bits per heavy atom. The van der Waals surface area contributed by atoms with Crippen LogP contribution in [0.4, 0.5) is 0 Å². The summed E-state index contributed by atoms with van der Waals surface area (Å²) in [5.74, 6) is 1.18. The number of nitrogens with zero attached hydrogens (tertiary/aromatic N) is 3. The smallest absolute Gasteiger partial charge is 0.158 e. The van der Waals surface area contributed by atoms with Crippen LogP contribution in [-0.2, 0) is 0 Å². The summed E-state index contributed by atoms with van der Waals surface area (Å²) < 4.78 is 1.90. The lowest BCUT2D eigenvalue weighted by atomic mass is 9.66. The van der Waals surface area contributed by atoms with Gasteiger partial charge in [-0.15, -0.1) is 11.3 Å². The van der Waals surface area contributed by atoms with Crippen LogP contribution in [0, 0.1) is 19.3 Å². The molecule has 2 aliphatic rings. The van der Waals surface area contributed by atoms with Crippen LogP contribution in [0.2, 0.25) is 0 Å². The van der Waals surface area contributed by atoms with Crippen LogP contribution in [0.15, 0.2) is 18.6 Å². The fraction of sp³-hybridized carbons (Fsp3) is 0.520. The number of rotatable bonds is 3. The zero-order chi connectivity index (χ0) is 21.3. The first kappa shape index (κ1) is 19.5. The highest BCUT2D eigenvalue weighted by Crippen LogP contribution is 2.50. The van der Waals surface area contributed by atoms with Gasteiger partial charge in [-0.2, -0.15) is 5.10 Å². The summed E-state index contributed by atoms with van der Waals surface area (Å²) >= 11 is 2.01. The van der Waals surface area contributed by atoms with Gasteiger partial charge in [0, 0.05) is 35.1 Å². The van der Waals surface area contributed by atoms with Gasteiger partial charge in [0.1, 0.15) is 11.2 Å². The molecule has 4 aromatic heterocycles. The molecule has 5 nitrogen and oxygen atoms in total. The number of fused-ring (bicyclic) bond motifs is 2. The predicted molar refractivity (Wildman–Crippen MR) is 128 cm³/mol. The maximum atomic E-state index is 4.39. The van der Waals surface area contributed by atoms with Crippen LogP contribution in [0.3, 0.4) is 0 Å². The molecule has 0 atom stereocenters. The van der Waals surface area contributed by atoms with Crippen molar-refractivity contribution in [3.05, 3.63) is 40.2 Å². The second-order valence-corrected chi connectivity index (χ2v) is 11.2. The van der Waals surface area contributed by atoms with E-state index in [-0.39, 0.29) is 0 Å². The predicted octanol–water partition coefficient (Wildman–Crippen LogP) is 5.93. The number of aromatic amines is 1. The van der Waals surface area contributed by atoms with Crippen molar-refractivity contribution in [2.75, 3.05) is 13.1 Å². The van der Waals surface area contributed by atoms with Crippen molar-refractivity contribution in [1.82, 2.24) is 24.9 Å². The molecule has 0 amide bonds. The lowest BCUT2D eigenvalue weighted by molar-refractivity contribution is 0.0980. The first-order chi connectivity index (χ1) is 15.0. The minimum atomic E-state index is 0.451. The topological polar surface area (TPSA) is 58.0 Å². The van der Waals surface area contributed by atoms with Crippen LogP contribution in [0.5, 0.6) is 0 Å². The molecular formula is C25H31N5S. The van der Waals surface area contributed by atoms with Gasteiger partial charge in [0.2, 0.25) is 0 Å². The van der Waals surface area contributed by atoms with Gasteiger partial charge in [-0.3, -0.25) is 0 Å². The SMILES string of the molecule is Cc1c(C2CCC3(CC2)CNC3)sc2[nH]c(-c3cc(C)c4ncnn4c3)c(C(C)C)c12. The minimum absolute atomic E-state index is 0.451. The highest BCUT2D eigenvalue weighted by atomic mass is 32.1. The summed E-state index contributed by atoms with van der Waals surface area (Å²) in [6, 6.07) is 2.24. The van der Waals surface area contributed by atoms with Gasteiger partial charge in [-0.1, -0.05) is 13.8 Å². The monoisotopic (exact) mass is 433 g/mol. The Kier molecular flexibility index (Phi) is 4.35. The molecule has 4 aromatic rings. The number of thiophene rings is 1. The fourth-order valence-corrected chi connectivity index (χ4v) is 7.39. The van der Waals surface area contributed by atoms with E-state index < -0.39 is 0 Å². The van der Waals surface area contributed by atoms with Crippen molar-refractivity contribution in [2.45, 2.75) is 65.2 Å². The molecule has 1 saturated carbocycles. The van der Waals surface area contributed by atoms with E-state index in [1.165, 1.54) is 71.4 Å². The van der Waals surface area contributed by atoms with Gasteiger partial charge in [-0.05, 0) is 79.5 Å². The Balaban J connectivity index is 1.43. The van der Waals surface area contributed by atoms with E-state index in [2.05, 4.69) is 60.3 Å². The van der Waals surface area contributed by atoms with Gasteiger partial charge in [-0.25, -0.2) is 9.50 Å². The van der Waals surface area contributed by atoms with Crippen molar-refractivity contribution < 1.29 is 0 Å². The Labute approximate surface area is 187 Å². The largest absolute Gasteiger partial charge is 0.346 e. The summed E-state index contributed by atoms with van der Waals surface area (Å²) in [4.78, 5) is 11.2. The molecule has 1 saturated heterocycles. The van der Waals surface area contributed by atoms with Gasteiger partial charge in [0.15, 0.2) is 5.65 Å². The van der Waals surface area contributed by atoms with E-state index in [9.17, 15) is 0 Å². The van der Waals surface area contributed by atoms with Crippen molar-refractivity contribution in [3.63, 3.8) is 0 Å². The standard InChI is InChI=1S/C25H31N5S/c1-14(2)19-20-16(4)22(17-5-7-25(8-6-17)11-26-12-25)31-24(20)29-21(19)18-9-15(3)23-27-13-28-30(23)10-18/h9-10,13-14,17,26,29H,5-8,11-12H2,1-4H3. The van der Waals surface area contributed by atoms with Gasteiger partial charge >= 0.3 is 0 Å². The maximum absolute atomic E-state index is 4.39. The second-order valence-electron chi connectivity index (χ2n) is 10.2. The average Bonchev–Trinajstić information content (AvgIpc) is 3.42. The summed E-state index contributed by atoms with van der Waals surface area (Å²) in [6.07, 6.45) is 9.20. The highest BCUT2D eigenvalue weighted by Gasteiger charge is 2.41. The molecular weight excluding hydrogens is 402 g/mol. The molecule has 1 aliphatic heterocycles. The van der Waals surface area contributed by atoms with E-state index in [1.54, 1.807) is 11.2 Å². The number of nitrogens with one attached hydrogen (secondary N) is 2. The lowest BCUT2D eigenvalue weighted by Gasteiger charge is -2.47. The number of hydrogen-bond acceptors (Lipinski definition) is 4. The van der Waals surface area contributed by atoms with Crippen molar-refractivity contribution >= 4 is 27.2 Å². The van der Waals surface area contributed by atoms with E-state index in [0.717, 1.165) is 17.1 Å². The summed E-state index contributed by atoms with van der Waals surface area (Å²) in [5, 5.41) is 9.35. The average molecular weight is 434 g/mol. The Bertz CT molecular complexity index is 1280. The molecule has 1 spiro atoms. The van der Waals surface area contributed by atoms with Gasteiger partial charge in [0.05, 0.1) is 5.69 Å². The van der Waals surface area contributed by atoms with Crippen LogP contribution >= 0.6 is 11.3 Å². The molecule has 31 heavy (non-hydrogen) atoms. The summed E-state index contributed by atoms with van der Waals surface area (Å²) in [6.45, 7) is 11.6. The molecule has 0 aromatic carbocycles. The number of aryl methyl sites for hydroxylation is 2. The van der Waals surface area contributed by atoms with E-state index in [4.69, 9.17) is 0 Å². The molecule has 5 heterocycles. The minimum Gasteiger partial charge on any atom is -0.346 e. The number of aromatic nitrogens is 4. The molecule has 162 valence electrons. The third kappa shape index (κ3) is 2.91. The zero-order valence-electron chi connectivity index (χ0n) is 18.9. The third-order valence-electron chi connectivity index (χ3n) is 7.80. The normalized spacial score (nSPS) is 19.1. The number of pyridine rings is 1. The molecule has 0 bridgehead atoms. The van der Waals surface area contributed by atoms with Crippen LogP contribution < -0.4 is 5.32 Å². The second kappa shape index (κ2) is 6.91. The van der Waals surface area contributed by atoms with Crippen LogP contribution in [-0.4, -0.2) is 32.7 Å². The first-order valence-electron chi connectivity index (χ1n) is 11.6. The number of H-pyrrole nitrogens is 1. The summed E-state index contributed by atoms with van der Waals surface area (Å²) in [7, 11) is 0. The quantitative estimate of drug-likeness (QED) is 0.421. The van der Waals surface area contributed by atoms with Crippen molar-refractivity contribution in [1.29, 1.82) is 0 Å². The molecule has 1 aliphatic carbocycles. The molecule has 6 heteroatoms. The van der Waals surface area contributed by atoms with Crippen molar-refractivity contribution in [3.8, 4) is 11.3 Å². The first-order valence-corrected chi connectivity index (χ1v) is 12.4. The van der Waals surface area contributed by atoms with Gasteiger partial charge < -0.3 is 10.3 Å². The molecule has 0 unspecified atom stereocenters. The van der Waals surface area contributed by atoms with E-state index in [0.29, 0.717) is 11.3 Å². The van der Waals surface area contributed by atoms with Crippen LogP contribution in [0.25, 0.3) is 27.1 Å². The van der Waals surface area contributed by atoms with E-state index in [1.807, 2.05) is 15.9 Å². The highest BCUT2D eigenvalue weighted by molar-refractivity contribution is 7.19. The molecule has 2 N–H and O–H groups in total. The van der Waals surface area contributed by atoms with Crippen molar-refractivity contribution in [2.24, 2.45) is 5.41 Å². The molecule has 0 radical (unpaired) electrons. The van der Waals surface area contributed by atoms with Crippen LogP contribution in [0.1, 0.15) is 72.9 Å². The molecule has 2 fully saturated rings. The zero-order valence-corrected chi connectivity index (χ0v) is 19.7. The Morgan fingerprint density at radius 3 is 2.65 bits per heavy atom. The third-order valence-corrected chi connectivity index (χ3v) is 9.17. The van der Waals surface area contributed by atoms with Gasteiger partial charge in [0.25, 0.3) is 0 Å². The van der Waals surface area contributed by atoms with E-state index >= 15 is 0 Å². The fourth-order valence-electron chi connectivity index (χ4n) is 6.00. The summed E-state index contributed by atoms with van der Waals surface area (Å²) in [5.41, 5.74) is 8.11. The Hall–Kier alpha value is -2.18. The lowest BCUT2D eigenvalue weighted by Crippen LogP contribution is -2.54. The molecule has 6 rings (SSSR count). The maximum Gasteiger partial charge on any atom is 0.158 e. The Morgan fingerprint density at radius 2 is 1.97 bits per heavy atom.